The third-order valence-corrected chi connectivity index (χ3v) is 1.86. The van der Waals surface area contributed by atoms with E-state index in [9.17, 15) is 13.6 Å². The maximum Gasteiger partial charge on any atom is 0.338 e. The highest BCUT2D eigenvalue weighted by molar-refractivity contribution is 5.88. The fourth-order valence-electron chi connectivity index (χ4n) is 1.12. The van der Waals surface area contributed by atoms with E-state index in [1.165, 1.54) is 12.2 Å². The van der Waals surface area contributed by atoms with Gasteiger partial charge in [0, 0.05) is 23.1 Å². The smallest absolute Gasteiger partial charge is 0.338 e. The molecule has 0 aliphatic heterocycles. The first kappa shape index (κ1) is 12.7. The van der Waals surface area contributed by atoms with Gasteiger partial charge in [-0.1, -0.05) is 17.3 Å². The molecule has 17 heavy (non-hydrogen) atoms. The maximum atomic E-state index is 13.2. The Hall–Kier alpha value is -2.40. The van der Waals surface area contributed by atoms with E-state index in [1.54, 1.807) is 0 Å². The van der Waals surface area contributed by atoms with Crippen molar-refractivity contribution in [1.82, 2.24) is 0 Å². The molecule has 0 amide bonds. The molecule has 0 aliphatic rings. The summed E-state index contributed by atoms with van der Waals surface area (Å²) >= 11 is 0. The minimum absolute atomic E-state index is 0.00424. The number of halogens is 2. The lowest BCUT2D eigenvalue weighted by Crippen LogP contribution is -2.02. The number of hydrogen-bond donors (Lipinski definition) is 1. The van der Waals surface area contributed by atoms with Gasteiger partial charge in [-0.25, -0.2) is 13.6 Å². The number of azide groups is 1. The second-order valence-corrected chi connectivity index (χ2v) is 2.97. The van der Waals surface area contributed by atoms with Crippen LogP contribution < -0.4 is 0 Å². The predicted octanol–water partition coefficient (Wildman–Crippen LogP) is 2.99. The zero-order valence-electron chi connectivity index (χ0n) is 8.47. The van der Waals surface area contributed by atoms with Gasteiger partial charge in [0.15, 0.2) is 0 Å². The molecule has 0 unspecified atom stereocenters. The second-order valence-electron chi connectivity index (χ2n) is 2.97. The Morgan fingerprint density at radius 3 is 2.76 bits per heavy atom. The summed E-state index contributed by atoms with van der Waals surface area (Å²) in [6.45, 7) is -0.00424. The van der Waals surface area contributed by atoms with Crippen LogP contribution in [0.25, 0.3) is 16.5 Å². The molecule has 0 bridgehead atoms. The van der Waals surface area contributed by atoms with Gasteiger partial charge in [-0.3, -0.25) is 0 Å². The normalized spacial score (nSPS) is 10.2. The van der Waals surface area contributed by atoms with Crippen LogP contribution >= 0.6 is 0 Å². The fourth-order valence-corrected chi connectivity index (χ4v) is 1.12. The minimum atomic E-state index is -1.48. The molecule has 0 aromatic heterocycles. The molecule has 0 aliphatic carbocycles. The van der Waals surface area contributed by atoms with Gasteiger partial charge in [-0.05, 0) is 11.6 Å². The lowest BCUT2D eigenvalue weighted by atomic mass is 10.1. The highest BCUT2D eigenvalue weighted by atomic mass is 19.1. The fraction of sp³-hybridized carbons (Fsp3) is 0.100. The van der Waals surface area contributed by atoms with Crippen molar-refractivity contribution in [2.75, 3.05) is 6.54 Å². The van der Waals surface area contributed by atoms with Gasteiger partial charge < -0.3 is 5.11 Å². The predicted molar refractivity (Wildman–Crippen MR) is 56.4 cm³/mol. The minimum Gasteiger partial charge on any atom is -0.478 e. The van der Waals surface area contributed by atoms with Crippen molar-refractivity contribution in [3.8, 4) is 0 Å². The quantitative estimate of drug-likeness (QED) is 0.497. The van der Waals surface area contributed by atoms with E-state index in [1.807, 2.05) is 0 Å². The SMILES string of the molecule is [N-]=[N+]=NCC=Cc1cc(C(=O)O)c(F)cc1F. The summed E-state index contributed by atoms with van der Waals surface area (Å²) in [6, 6.07) is 1.37. The summed E-state index contributed by atoms with van der Waals surface area (Å²) in [5.41, 5.74) is 7.29. The van der Waals surface area contributed by atoms with Gasteiger partial charge in [-0.15, -0.1) is 0 Å². The van der Waals surface area contributed by atoms with Gasteiger partial charge in [0.1, 0.15) is 11.6 Å². The topological polar surface area (TPSA) is 86.1 Å². The molecule has 0 atom stereocenters. The van der Waals surface area contributed by atoms with Crippen molar-refractivity contribution >= 4 is 12.0 Å². The lowest BCUT2D eigenvalue weighted by Gasteiger charge is -2.01. The van der Waals surface area contributed by atoms with Crippen molar-refractivity contribution in [2.24, 2.45) is 5.11 Å². The van der Waals surface area contributed by atoms with E-state index in [0.717, 1.165) is 6.07 Å². The van der Waals surface area contributed by atoms with E-state index < -0.39 is 23.2 Å². The number of nitrogens with zero attached hydrogens (tertiary/aromatic N) is 3. The van der Waals surface area contributed by atoms with Crippen LogP contribution in [-0.4, -0.2) is 17.6 Å². The van der Waals surface area contributed by atoms with Gasteiger partial charge in [0.05, 0.1) is 5.56 Å². The van der Waals surface area contributed by atoms with Crippen molar-refractivity contribution in [1.29, 1.82) is 0 Å². The second kappa shape index (κ2) is 5.62. The Morgan fingerprint density at radius 2 is 2.18 bits per heavy atom. The van der Waals surface area contributed by atoms with E-state index in [0.29, 0.717) is 6.07 Å². The van der Waals surface area contributed by atoms with Crippen molar-refractivity contribution < 1.29 is 18.7 Å². The molecule has 1 aromatic rings. The molecule has 88 valence electrons. The Labute approximate surface area is 94.6 Å². The molecule has 0 radical (unpaired) electrons. The van der Waals surface area contributed by atoms with Crippen molar-refractivity contribution in [3.63, 3.8) is 0 Å². The van der Waals surface area contributed by atoms with Gasteiger partial charge in [0.25, 0.3) is 0 Å². The Bertz CT molecular complexity index is 523. The first-order valence-corrected chi connectivity index (χ1v) is 4.46. The molecule has 0 heterocycles. The number of carboxylic acid groups (broad SMARTS) is 1. The molecule has 0 fully saturated rings. The Kier molecular flexibility index (Phi) is 4.19. The first-order chi connectivity index (χ1) is 8.06. The largest absolute Gasteiger partial charge is 0.478 e. The standard InChI is InChI=1S/C10H7F2N3O2/c11-8-5-9(12)7(10(16)17)4-6(8)2-1-3-14-15-13/h1-2,4-5H,3H2,(H,16,17). The number of carboxylic acids is 1. The molecule has 7 heteroatoms. The van der Waals surface area contributed by atoms with Crippen LogP contribution in [0.15, 0.2) is 23.3 Å². The first-order valence-electron chi connectivity index (χ1n) is 4.46. The molecular formula is C10H7F2N3O2. The number of aromatic carboxylic acids is 1. The van der Waals surface area contributed by atoms with Gasteiger partial charge >= 0.3 is 5.97 Å². The summed E-state index contributed by atoms with van der Waals surface area (Å²) in [5.74, 6) is -3.50. The van der Waals surface area contributed by atoms with Gasteiger partial charge in [0.2, 0.25) is 0 Å². The van der Waals surface area contributed by atoms with Crippen LogP contribution in [0, 0.1) is 11.6 Å². The lowest BCUT2D eigenvalue weighted by molar-refractivity contribution is 0.0691. The molecule has 0 saturated carbocycles. The van der Waals surface area contributed by atoms with Crippen LogP contribution in [0.2, 0.25) is 0 Å². The third kappa shape index (κ3) is 3.29. The number of carbonyl (C=O) groups is 1. The summed E-state index contributed by atoms with van der Waals surface area (Å²) < 4.78 is 26.2. The van der Waals surface area contributed by atoms with E-state index in [-0.39, 0.29) is 12.1 Å². The summed E-state index contributed by atoms with van der Waals surface area (Å²) in [6.07, 6.45) is 2.55. The monoisotopic (exact) mass is 239 g/mol. The van der Waals surface area contributed by atoms with Crippen LogP contribution in [-0.2, 0) is 0 Å². The molecule has 5 nitrogen and oxygen atoms in total. The van der Waals surface area contributed by atoms with E-state index in [2.05, 4.69) is 10.0 Å². The highest BCUT2D eigenvalue weighted by Gasteiger charge is 2.13. The molecule has 1 N–H and O–H groups in total. The summed E-state index contributed by atoms with van der Waals surface area (Å²) in [7, 11) is 0. The van der Waals surface area contributed by atoms with Crippen LogP contribution in [0.3, 0.4) is 0 Å². The highest BCUT2D eigenvalue weighted by Crippen LogP contribution is 2.16. The average molecular weight is 239 g/mol. The van der Waals surface area contributed by atoms with E-state index >= 15 is 0 Å². The number of benzene rings is 1. The zero-order chi connectivity index (χ0) is 12.8. The zero-order valence-corrected chi connectivity index (χ0v) is 8.47. The third-order valence-electron chi connectivity index (χ3n) is 1.86. The Morgan fingerprint density at radius 1 is 1.47 bits per heavy atom. The summed E-state index contributed by atoms with van der Waals surface area (Å²) in [5, 5.41) is 11.8. The molecule has 0 spiro atoms. The molecule has 1 aromatic carbocycles. The van der Waals surface area contributed by atoms with Crippen LogP contribution in [0.1, 0.15) is 15.9 Å². The molecular weight excluding hydrogens is 232 g/mol. The summed E-state index contributed by atoms with van der Waals surface area (Å²) in [4.78, 5) is 13.1. The van der Waals surface area contributed by atoms with Crippen molar-refractivity contribution in [2.45, 2.75) is 0 Å². The maximum absolute atomic E-state index is 13.2. The van der Waals surface area contributed by atoms with Crippen molar-refractivity contribution in [3.05, 3.63) is 51.4 Å². The van der Waals surface area contributed by atoms with E-state index in [4.69, 9.17) is 10.6 Å². The average Bonchev–Trinajstić information content (AvgIpc) is 2.26. The molecule has 1 rings (SSSR count). The van der Waals surface area contributed by atoms with Crippen LogP contribution in [0.5, 0.6) is 0 Å². The molecule has 0 saturated heterocycles. The Balaban J connectivity index is 3.07. The van der Waals surface area contributed by atoms with Gasteiger partial charge in [-0.2, -0.15) is 0 Å². The number of rotatable bonds is 4. The van der Waals surface area contributed by atoms with Crippen LogP contribution in [0.4, 0.5) is 8.78 Å². The number of hydrogen-bond acceptors (Lipinski definition) is 2.